The normalized spacial score (nSPS) is 32.7. The van der Waals surface area contributed by atoms with Crippen LogP contribution < -0.4 is 4.74 Å². The van der Waals surface area contributed by atoms with Gasteiger partial charge in [-0.3, -0.25) is 4.79 Å². The molecule has 1 aromatic carbocycles. The van der Waals surface area contributed by atoms with Crippen LogP contribution >= 0.6 is 0 Å². The van der Waals surface area contributed by atoms with Gasteiger partial charge in [-0.2, -0.15) is 0 Å². The lowest BCUT2D eigenvalue weighted by atomic mass is 9.99. The molecule has 1 aliphatic rings. The van der Waals surface area contributed by atoms with Gasteiger partial charge >= 0.3 is 0 Å². The summed E-state index contributed by atoms with van der Waals surface area (Å²) in [7, 11) is 0. The molecule has 1 aromatic rings. The second-order valence-corrected chi connectivity index (χ2v) is 4.66. The highest BCUT2D eigenvalue weighted by Gasteiger charge is 2.44. The lowest BCUT2D eigenvalue weighted by molar-refractivity contribution is -0.277. The molecule has 0 amide bonds. The third-order valence-corrected chi connectivity index (χ3v) is 3.21. The van der Waals surface area contributed by atoms with Crippen LogP contribution in [-0.2, 0) is 4.74 Å². The van der Waals surface area contributed by atoms with Gasteiger partial charge in [-0.1, -0.05) is 0 Å². The number of phenolic OH excluding ortho intramolecular Hbond substituents is 1. The molecule has 1 heterocycles. The maximum absolute atomic E-state index is 10.6. The molecule has 0 saturated carbocycles. The van der Waals surface area contributed by atoms with Gasteiger partial charge in [-0.15, -0.1) is 0 Å². The van der Waals surface area contributed by atoms with Gasteiger partial charge < -0.3 is 35.0 Å². The number of carbonyl (C=O) groups excluding carboxylic acids is 1. The molecule has 0 bridgehead atoms. The number of hydrogen-bond acceptors (Lipinski definition) is 8. The molecule has 1 fully saturated rings. The molecule has 0 aromatic heterocycles. The number of carbonyl (C=O) groups is 1. The van der Waals surface area contributed by atoms with Crippen LogP contribution in [0.2, 0.25) is 0 Å². The summed E-state index contributed by atoms with van der Waals surface area (Å²) in [5.74, 6) is -0.429. The molecule has 5 N–H and O–H groups in total. The largest absolute Gasteiger partial charge is 0.504 e. The molecule has 1 saturated heterocycles. The molecular weight excluding hydrogens is 284 g/mol. The fourth-order valence-electron chi connectivity index (χ4n) is 2.00. The Morgan fingerprint density at radius 2 is 1.90 bits per heavy atom. The smallest absolute Gasteiger partial charge is 0.229 e. The second-order valence-electron chi connectivity index (χ2n) is 4.66. The number of benzene rings is 1. The SMILES string of the molecule is O=Cc1ccc(O[C@@H]2O[C@H](CO)[C@@H](O)[C@H](O)[C@H]2O)c(O)c1. The first kappa shape index (κ1) is 15.7. The Labute approximate surface area is 119 Å². The zero-order valence-electron chi connectivity index (χ0n) is 10.9. The van der Waals surface area contributed by atoms with E-state index in [0.717, 1.165) is 6.07 Å². The van der Waals surface area contributed by atoms with E-state index < -0.39 is 37.3 Å². The minimum atomic E-state index is -1.58. The minimum Gasteiger partial charge on any atom is -0.504 e. The van der Waals surface area contributed by atoms with Crippen molar-refractivity contribution in [3.8, 4) is 11.5 Å². The average Bonchev–Trinajstić information content (AvgIpc) is 2.49. The highest BCUT2D eigenvalue weighted by Crippen LogP contribution is 2.30. The monoisotopic (exact) mass is 300 g/mol. The van der Waals surface area contributed by atoms with Crippen LogP contribution in [-0.4, -0.2) is 69.1 Å². The Morgan fingerprint density at radius 1 is 1.19 bits per heavy atom. The number of aldehydes is 1. The average molecular weight is 300 g/mol. The Bertz CT molecular complexity index is 503. The standard InChI is InChI=1S/C13H16O8/c14-4-6-1-2-8(7(16)3-6)20-13-12(19)11(18)10(17)9(5-15)21-13/h1-4,9-13,15-19H,5H2/t9-,10-,11+,12-,13-/m1/s1. The molecular formula is C13H16O8. The van der Waals surface area contributed by atoms with Crippen LogP contribution in [0.15, 0.2) is 18.2 Å². The fraction of sp³-hybridized carbons (Fsp3) is 0.462. The van der Waals surface area contributed by atoms with E-state index in [-0.39, 0.29) is 17.1 Å². The van der Waals surface area contributed by atoms with Crippen LogP contribution in [0.1, 0.15) is 10.4 Å². The number of aromatic hydroxyl groups is 1. The van der Waals surface area contributed by atoms with Crippen molar-refractivity contribution in [1.82, 2.24) is 0 Å². The second kappa shape index (κ2) is 6.37. The molecule has 0 spiro atoms. The summed E-state index contributed by atoms with van der Waals surface area (Å²) in [5, 5.41) is 47.8. The van der Waals surface area contributed by atoms with Gasteiger partial charge in [0.2, 0.25) is 6.29 Å². The van der Waals surface area contributed by atoms with Gasteiger partial charge in [0, 0.05) is 5.56 Å². The van der Waals surface area contributed by atoms with Crippen LogP contribution in [0.4, 0.5) is 0 Å². The highest BCUT2D eigenvalue weighted by atomic mass is 16.7. The summed E-state index contributed by atoms with van der Waals surface area (Å²) in [6.45, 7) is -0.582. The van der Waals surface area contributed by atoms with Crippen LogP contribution in [0.5, 0.6) is 11.5 Å². The van der Waals surface area contributed by atoms with Gasteiger partial charge in [0.15, 0.2) is 11.5 Å². The van der Waals surface area contributed by atoms with Gasteiger partial charge in [-0.25, -0.2) is 0 Å². The zero-order chi connectivity index (χ0) is 15.6. The Balaban J connectivity index is 2.16. The third kappa shape index (κ3) is 3.14. The van der Waals surface area contributed by atoms with Crippen molar-refractivity contribution in [3.63, 3.8) is 0 Å². The summed E-state index contributed by atoms with van der Waals surface area (Å²) in [4.78, 5) is 10.6. The number of phenols is 1. The summed E-state index contributed by atoms with van der Waals surface area (Å²) in [6.07, 6.45) is -6.60. The Morgan fingerprint density at radius 3 is 2.48 bits per heavy atom. The molecule has 116 valence electrons. The lowest BCUT2D eigenvalue weighted by Gasteiger charge is -2.39. The zero-order valence-corrected chi connectivity index (χ0v) is 10.9. The van der Waals surface area contributed by atoms with E-state index in [4.69, 9.17) is 14.6 Å². The molecule has 1 aliphatic heterocycles. The predicted octanol–water partition coefficient (Wildman–Crippen LogP) is -1.62. The quantitative estimate of drug-likeness (QED) is 0.419. The van der Waals surface area contributed by atoms with E-state index in [9.17, 15) is 25.2 Å². The number of rotatable bonds is 4. The Kier molecular flexibility index (Phi) is 4.76. The third-order valence-electron chi connectivity index (χ3n) is 3.21. The van der Waals surface area contributed by atoms with Gasteiger partial charge in [0.1, 0.15) is 30.7 Å². The number of hydrogen-bond donors (Lipinski definition) is 5. The molecule has 0 aliphatic carbocycles. The minimum absolute atomic E-state index is 0.0788. The maximum atomic E-state index is 10.6. The van der Waals surface area contributed by atoms with Gasteiger partial charge in [0.05, 0.1) is 6.61 Å². The molecule has 5 atom stereocenters. The van der Waals surface area contributed by atoms with Crippen molar-refractivity contribution in [3.05, 3.63) is 23.8 Å². The van der Waals surface area contributed by atoms with Crippen molar-refractivity contribution in [2.75, 3.05) is 6.61 Å². The van der Waals surface area contributed by atoms with Gasteiger partial charge in [-0.05, 0) is 18.2 Å². The topological polar surface area (TPSA) is 137 Å². The summed E-state index contributed by atoms with van der Waals surface area (Å²) >= 11 is 0. The van der Waals surface area contributed by atoms with E-state index >= 15 is 0 Å². The van der Waals surface area contributed by atoms with E-state index in [1.54, 1.807) is 0 Å². The highest BCUT2D eigenvalue weighted by molar-refractivity contribution is 5.76. The van der Waals surface area contributed by atoms with E-state index in [1.807, 2.05) is 0 Å². The van der Waals surface area contributed by atoms with E-state index in [1.165, 1.54) is 12.1 Å². The van der Waals surface area contributed by atoms with Crippen LogP contribution in [0.3, 0.4) is 0 Å². The number of aliphatic hydroxyl groups is 4. The van der Waals surface area contributed by atoms with Crippen molar-refractivity contribution in [2.24, 2.45) is 0 Å². The van der Waals surface area contributed by atoms with Crippen LogP contribution in [0, 0.1) is 0 Å². The number of aliphatic hydroxyl groups excluding tert-OH is 4. The lowest BCUT2D eigenvalue weighted by Crippen LogP contribution is -2.60. The first-order valence-corrected chi connectivity index (χ1v) is 6.23. The van der Waals surface area contributed by atoms with Crippen molar-refractivity contribution < 1.29 is 39.8 Å². The van der Waals surface area contributed by atoms with E-state index in [0.29, 0.717) is 6.29 Å². The maximum Gasteiger partial charge on any atom is 0.229 e. The molecule has 2 rings (SSSR count). The molecule has 0 unspecified atom stereocenters. The van der Waals surface area contributed by atoms with Crippen molar-refractivity contribution >= 4 is 6.29 Å². The fourth-order valence-corrected chi connectivity index (χ4v) is 2.00. The Hall–Kier alpha value is -1.71. The molecule has 0 radical (unpaired) electrons. The van der Waals surface area contributed by atoms with E-state index in [2.05, 4.69) is 0 Å². The summed E-state index contributed by atoms with van der Waals surface area (Å²) in [5.41, 5.74) is 0.230. The summed E-state index contributed by atoms with van der Waals surface area (Å²) in [6, 6.07) is 3.83. The van der Waals surface area contributed by atoms with Crippen molar-refractivity contribution in [1.29, 1.82) is 0 Å². The summed E-state index contributed by atoms with van der Waals surface area (Å²) < 4.78 is 10.4. The van der Waals surface area contributed by atoms with Crippen molar-refractivity contribution in [2.45, 2.75) is 30.7 Å². The molecule has 21 heavy (non-hydrogen) atoms. The predicted molar refractivity (Wildman–Crippen MR) is 67.9 cm³/mol. The first-order valence-electron chi connectivity index (χ1n) is 6.23. The number of ether oxygens (including phenoxy) is 2. The van der Waals surface area contributed by atoms with Gasteiger partial charge in [0.25, 0.3) is 0 Å². The van der Waals surface area contributed by atoms with Crippen LogP contribution in [0.25, 0.3) is 0 Å². The first-order chi connectivity index (χ1) is 9.97. The molecule has 8 nitrogen and oxygen atoms in total. The molecule has 8 heteroatoms.